The molecule has 5 nitrogen and oxygen atoms in total. The third-order valence-electron chi connectivity index (χ3n) is 3.10. The van der Waals surface area contributed by atoms with Crippen molar-refractivity contribution in [3.8, 4) is 0 Å². The molecule has 0 aromatic carbocycles. The van der Waals surface area contributed by atoms with Gasteiger partial charge in [0.25, 0.3) is 0 Å². The lowest BCUT2D eigenvalue weighted by Gasteiger charge is -2.34. The van der Waals surface area contributed by atoms with Gasteiger partial charge in [-0.1, -0.05) is 0 Å². The molecule has 5 heteroatoms. The van der Waals surface area contributed by atoms with E-state index in [1.165, 1.54) is 0 Å². The first-order chi connectivity index (χ1) is 7.49. The van der Waals surface area contributed by atoms with Crippen LogP contribution in [-0.2, 0) is 4.74 Å². The first-order valence-corrected chi connectivity index (χ1v) is 5.82. The lowest BCUT2D eigenvalue weighted by Crippen LogP contribution is -2.47. The zero-order valence-electron chi connectivity index (χ0n) is 10.6. The average Bonchev–Trinajstić information content (AvgIpc) is 2.16. The fraction of sp³-hybridized carbons (Fsp3) is 0.909. The van der Waals surface area contributed by atoms with E-state index in [1.54, 1.807) is 0 Å². The molecule has 0 amide bonds. The maximum absolute atomic E-state index is 7.28. The van der Waals surface area contributed by atoms with Gasteiger partial charge in [-0.2, -0.15) is 0 Å². The molecule has 0 aliphatic carbocycles. The molecule has 1 fully saturated rings. The van der Waals surface area contributed by atoms with Gasteiger partial charge in [0.15, 0.2) is 0 Å². The number of nitrogens with one attached hydrogen (secondary N) is 1. The van der Waals surface area contributed by atoms with E-state index in [2.05, 4.69) is 30.8 Å². The molecule has 0 aromatic heterocycles. The highest BCUT2D eigenvalue weighted by atomic mass is 16.5. The summed E-state index contributed by atoms with van der Waals surface area (Å²) in [6, 6.07) is 0.299. The van der Waals surface area contributed by atoms with Gasteiger partial charge < -0.3 is 20.3 Å². The summed E-state index contributed by atoms with van der Waals surface area (Å²) in [6.45, 7) is 5.81. The van der Waals surface area contributed by atoms with Crippen LogP contribution in [0.4, 0.5) is 0 Å². The molecule has 0 bridgehead atoms. The van der Waals surface area contributed by atoms with E-state index in [0.717, 1.165) is 26.2 Å². The lowest BCUT2D eigenvalue weighted by atomic mass is 10.1. The summed E-state index contributed by atoms with van der Waals surface area (Å²) in [4.78, 5) is 4.50. The number of hydrogen-bond acceptors (Lipinski definition) is 4. The first kappa shape index (κ1) is 13.4. The van der Waals surface area contributed by atoms with Gasteiger partial charge in [-0.15, -0.1) is 0 Å². The molecule has 2 unspecified atom stereocenters. The molecule has 0 saturated carbocycles. The molecule has 1 heterocycles. The van der Waals surface area contributed by atoms with E-state index in [9.17, 15) is 0 Å². The number of ether oxygens (including phenoxy) is 1. The Morgan fingerprint density at radius 2 is 2.38 bits per heavy atom. The predicted octanol–water partition coefficient (Wildman–Crippen LogP) is -0.0366. The molecule has 0 radical (unpaired) electrons. The number of amidine groups is 1. The fourth-order valence-electron chi connectivity index (χ4n) is 1.95. The number of hydrogen-bond donors (Lipinski definition) is 2. The zero-order valence-corrected chi connectivity index (χ0v) is 10.6. The third-order valence-corrected chi connectivity index (χ3v) is 3.10. The van der Waals surface area contributed by atoms with Crippen LogP contribution in [0.5, 0.6) is 0 Å². The maximum atomic E-state index is 7.28. The van der Waals surface area contributed by atoms with Crippen LogP contribution in [0, 0.1) is 5.41 Å². The van der Waals surface area contributed by atoms with Crippen molar-refractivity contribution in [1.82, 2.24) is 9.80 Å². The van der Waals surface area contributed by atoms with Crippen LogP contribution in [0.15, 0.2) is 0 Å². The SMILES string of the molecule is CC(CC(=N)N)N(C)CC1CN(C)CCO1. The van der Waals surface area contributed by atoms with Gasteiger partial charge in [0.1, 0.15) is 0 Å². The van der Waals surface area contributed by atoms with Crippen molar-refractivity contribution < 1.29 is 4.74 Å². The number of morpholine rings is 1. The fourth-order valence-corrected chi connectivity index (χ4v) is 1.95. The van der Waals surface area contributed by atoms with Crippen molar-refractivity contribution in [2.75, 3.05) is 40.3 Å². The summed E-state index contributed by atoms with van der Waals surface area (Å²) >= 11 is 0. The summed E-state index contributed by atoms with van der Waals surface area (Å²) in [5, 5.41) is 7.28. The molecule has 0 spiro atoms. The Kier molecular flexibility index (Phi) is 5.18. The van der Waals surface area contributed by atoms with Gasteiger partial charge in [0.2, 0.25) is 0 Å². The predicted molar refractivity (Wildman–Crippen MR) is 65.9 cm³/mol. The second-order valence-electron chi connectivity index (χ2n) is 4.77. The summed E-state index contributed by atoms with van der Waals surface area (Å²) in [5.74, 6) is 0.251. The molecule has 1 rings (SSSR count). The second-order valence-corrected chi connectivity index (χ2v) is 4.77. The van der Waals surface area contributed by atoms with Gasteiger partial charge in [-0.05, 0) is 21.0 Å². The molecular weight excluding hydrogens is 204 g/mol. The highest BCUT2D eigenvalue weighted by Gasteiger charge is 2.21. The van der Waals surface area contributed by atoms with Crippen LogP contribution in [0.2, 0.25) is 0 Å². The maximum Gasteiger partial charge on any atom is 0.0920 e. The van der Waals surface area contributed by atoms with E-state index in [1.807, 2.05) is 0 Å². The van der Waals surface area contributed by atoms with Gasteiger partial charge >= 0.3 is 0 Å². The first-order valence-electron chi connectivity index (χ1n) is 5.82. The minimum Gasteiger partial charge on any atom is -0.388 e. The molecule has 1 aliphatic rings. The normalized spacial score (nSPS) is 24.6. The minimum atomic E-state index is 0.251. The number of rotatable bonds is 5. The molecule has 1 aliphatic heterocycles. The van der Waals surface area contributed by atoms with Gasteiger partial charge in [-0.25, -0.2) is 0 Å². The van der Waals surface area contributed by atoms with Crippen LogP contribution >= 0.6 is 0 Å². The van der Waals surface area contributed by atoms with Crippen molar-refractivity contribution in [3.63, 3.8) is 0 Å². The topological polar surface area (TPSA) is 65.6 Å². The van der Waals surface area contributed by atoms with Crippen LogP contribution in [0.3, 0.4) is 0 Å². The third kappa shape index (κ3) is 4.47. The van der Waals surface area contributed by atoms with Crippen LogP contribution in [0.1, 0.15) is 13.3 Å². The molecule has 1 saturated heterocycles. The monoisotopic (exact) mass is 228 g/mol. The van der Waals surface area contributed by atoms with Crippen molar-refractivity contribution >= 4 is 5.84 Å². The van der Waals surface area contributed by atoms with Crippen LogP contribution in [-0.4, -0.2) is 68.1 Å². The van der Waals surface area contributed by atoms with Crippen molar-refractivity contribution in [1.29, 1.82) is 5.41 Å². The van der Waals surface area contributed by atoms with E-state index in [0.29, 0.717) is 12.5 Å². The van der Waals surface area contributed by atoms with Gasteiger partial charge in [0.05, 0.1) is 18.5 Å². The second kappa shape index (κ2) is 6.18. The van der Waals surface area contributed by atoms with E-state index in [4.69, 9.17) is 15.9 Å². The molecule has 16 heavy (non-hydrogen) atoms. The summed E-state index contributed by atoms with van der Waals surface area (Å²) in [5.41, 5.74) is 5.40. The molecule has 2 atom stereocenters. The van der Waals surface area contributed by atoms with Gasteiger partial charge in [0, 0.05) is 32.1 Å². The van der Waals surface area contributed by atoms with Crippen LogP contribution in [0.25, 0.3) is 0 Å². The Bertz CT molecular complexity index is 234. The highest BCUT2D eigenvalue weighted by Crippen LogP contribution is 2.08. The Morgan fingerprint density at radius 1 is 1.69 bits per heavy atom. The summed E-state index contributed by atoms with van der Waals surface area (Å²) in [6.07, 6.45) is 0.900. The molecule has 3 N–H and O–H groups in total. The van der Waals surface area contributed by atoms with Crippen LogP contribution < -0.4 is 5.73 Å². The molecule has 0 aromatic rings. The van der Waals surface area contributed by atoms with Crippen molar-refractivity contribution in [2.24, 2.45) is 5.73 Å². The van der Waals surface area contributed by atoms with Crippen molar-refractivity contribution in [2.45, 2.75) is 25.5 Å². The quantitative estimate of drug-likeness (QED) is 0.512. The largest absolute Gasteiger partial charge is 0.388 e. The molecular formula is C11H24N4O. The molecule has 94 valence electrons. The average molecular weight is 228 g/mol. The van der Waals surface area contributed by atoms with E-state index >= 15 is 0 Å². The number of likely N-dealkylation sites (N-methyl/N-ethyl adjacent to an activating group) is 2. The van der Waals surface area contributed by atoms with Gasteiger partial charge in [-0.3, -0.25) is 5.41 Å². The minimum absolute atomic E-state index is 0.251. The number of nitrogens with two attached hydrogens (primary N) is 1. The zero-order chi connectivity index (χ0) is 12.1. The Morgan fingerprint density at radius 3 is 2.94 bits per heavy atom. The number of nitrogens with zero attached hydrogens (tertiary/aromatic N) is 2. The smallest absolute Gasteiger partial charge is 0.0920 e. The Hall–Kier alpha value is -0.650. The highest BCUT2D eigenvalue weighted by molar-refractivity contribution is 5.77. The van der Waals surface area contributed by atoms with E-state index in [-0.39, 0.29) is 11.9 Å². The Balaban J connectivity index is 2.32. The standard InChI is InChI=1S/C11H24N4O/c1-9(6-11(12)13)15(3)8-10-7-14(2)4-5-16-10/h9-10H,4-8H2,1-3H3,(H3,12,13). The lowest BCUT2D eigenvalue weighted by molar-refractivity contribution is -0.0362. The van der Waals surface area contributed by atoms with E-state index < -0.39 is 0 Å². The Labute approximate surface area is 98.0 Å². The van der Waals surface area contributed by atoms with Crippen molar-refractivity contribution in [3.05, 3.63) is 0 Å². The summed E-state index contributed by atoms with van der Waals surface area (Å²) < 4.78 is 5.71. The summed E-state index contributed by atoms with van der Waals surface area (Å²) in [7, 11) is 4.18.